The van der Waals surface area contributed by atoms with Crippen LogP contribution < -0.4 is 14.8 Å². The number of ether oxygens (including phenoxy) is 2. The second-order valence-corrected chi connectivity index (χ2v) is 9.85. The van der Waals surface area contributed by atoms with Crippen molar-refractivity contribution in [2.45, 2.75) is 59.0 Å². The van der Waals surface area contributed by atoms with Gasteiger partial charge in [0.25, 0.3) is 5.91 Å². The molecule has 2 bridgehead atoms. The number of rotatable bonds is 6. The molecule has 0 spiro atoms. The SMILES string of the molecule is COc1ccc(C(C)NC(=O)/C(C#N)=C\N2CC3(C)CC2CC(C)(C)C3)cc1OC. The van der Waals surface area contributed by atoms with E-state index in [-0.39, 0.29) is 28.4 Å². The maximum Gasteiger partial charge on any atom is 0.263 e. The average Bonchev–Trinajstić information content (AvgIpc) is 2.92. The van der Waals surface area contributed by atoms with Gasteiger partial charge in [0.05, 0.1) is 20.3 Å². The van der Waals surface area contributed by atoms with Gasteiger partial charge in [0, 0.05) is 18.8 Å². The Kier molecular flexibility index (Phi) is 6.03. The van der Waals surface area contributed by atoms with Crippen molar-refractivity contribution < 1.29 is 14.3 Å². The number of amides is 1. The number of fused-ring (bicyclic) bond motifs is 2. The minimum Gasteiger partial charge on any atom is -0.493 e. The Hall–Kier alpha value is -2.68. The standard InChI is InChI=1S/C24H33N3O3/c1-16(17-7-8-20(29-5)21(9-17)30-6)26-22(28)18(12-25)13-27-15-24(4)11-19(27)10-23(2,3)14-24/h7-9,13,16,19H,10-11,14-15H2,1-6H3,(H,26,28)/b18-13-. The van der Waals surface area contributed by atoms with Crippen LogP contribution in [0.1, 0.15) is 58.6 Å². The second kappa shape index (κ2) is 8.22. The number of hydrogen-bond donors (Lipinski definition) is 1. The topological polar surface area (TPSA) is 74.6 Å². The summed E-state index contributed by atoms with van der Waals surface area (Å²) in [6.07, 6.45) is 5.15. The van der Waals surface area contributed by atoms with Crippen LogP contribution in [0.5, 0.6) is 11.5 Å². The van der Waals surface area contributed by atoms with Crippen LogP contribution in [-0.4, -0.2) is 37.6 Å². The molecule has 1 amide bonds. The first-order valence-electron chi connectivity index (χ1n) is 10.5. The molecule has 1 aromatic rings. The van der Waals surface area contributed by atoms with Crippen LogP contribution in [0.15, 0.2) is 30.0 Å². The molecule has 1 heterocycles. The molecule has 1 aliphatic carbocycles. The van der Waals surface area contributed by atoms with Crippen LogP contribution >= 0.6 is 0 Å². The normalized spacial score (nSPS) is 26.0. The van der Waals surface area contributed by atoms with E-state index < -0.39 is 0 Å². The third kappa shape index (κ3) is 4.56. The van der Waals surface area contributed by atoms with Gasteiger partial charge in [0.15, 0.2) is 11.5 Å². The Balaban J connectivity index is 1.73. The zero-order valence-electron chi connectivity index (χ0n) is 18.9. The summed E-state index contributed by atoms with van der Waals surface area (Å²) >= 11 is 0. The molecule has 1 aliphatic heterocycles. The summed E-state index contributed by atoms with van der Waals surface area (Å²) < 4.78 is 10.6. The summed E-state index contributed by atoms with van der Waals surface area (Å²) in [7, 11) is 3.16. The van der Waals surface area contributed by atoms with Gasteiger partial charge in [0.1, 0.15) is 11.6 Å². The van der Waals surface area contributed by atoms with Gasteiger partial charge >= 0.3 is 0 Å². The third-order valence-corrected chi connectivity index (χ3v) is 6.37. The summed E-state index contributed by atoms with van der Waals surface area (Å²) in [5, 5.41) is 12.6. The van der Waals surface area contributed by atoms with Crippen molar-refractivity contribution in [3.8, 4) is 17.6 Å². The molecule has 0 radical (unpaired) electrons. The lowest BCUT2D eigenvalue weighted by atomic mass is 9.65. The smallest absolute Gasteiger partial charge is 0.263 e. The number of likely N-dealkylation sites (tertiary alicyclic amines) is 1. The number of benzene rings is 1. The number of hydrogen-bond acceptors (Lipinski definition) is 5. The van der Waals surface area contributed by atoms with E-state index in [9.17, 15) is 10.1 Å². The number of carbonyl (C=O) groups excluding carboxylic acids is 1. The Labute approximate surface area is 179 Å². The van der Waals surface area contributed by atoms with Crippen LogP contribution in [-0.2, 0) is 4.79 Å². The monoisotopic (exact) mass is 411 g/mol. The summed E-state index contributed by atoms with van der Waals surface area (Å²) in [6.45, 7) is 9.73. The fraction of sp³-hybridized carbons (Fsp3) is 0.583. The van der Waals surface area contributed by atoms with Crippen molar-refractivity contribution in [1.29, 1.82) is 5.26 Å². The van der Waals surface area contributed by atoms with Crippen LogP contribution in [0, 0.1) is 22.2 Å². The number of carbonyl (C=O) groups is 1. The Morgan fingerprint density at radius 2 is 1.97 bits per heavy atom. The Morgan fingerprint density at radius 1 is 1.27 bits per heavy atom. The van der Waals surface area contributed by atoms with Gasteiger partial charge in [-0.2, -0.15) is 5.26 Å². The lowest BCUT2D eigenvalue weighted by Crippen LogP contribution is -2.34. The molecule has 1 aromatic carbocycles. The third-order valence-electron chi connectivity index (χ3n) is 6.37. The van der Waals surface area contributed by atoms with Crippen LogP contribution in [0.25, 0.3) is 0 Å². The maximum absolute atomic E-state index is 12.8. The predicted octanol–water partition coefficient (Wildman–Crippen LogP) is 4.19. The summed E-state index contributed by atoms with van der Waals surface area (Å²) in [4.78, 5) is 15.1. The molecule has 1 saturated carbocycles. The predicted molar refractivity (Wildman–Crippen MR) is 116 cm³/mol. The number of methoxy groups -OCH3 is 2. The van der Waals surface area contributed by atoms with Crippen molar-refractivity contribution in [2.24, 2.45) is 10.8 Å². The highest BCUT2D eigenvalue weighted by Crippen LogP contribution is 2.52. The van der Waals surface area contributed by atoms with Gasteiger partial charge in [-0.05, 0) is 54.7 Å². The molecule has 0 aromatic heterocycles. The molecule has 30 heavy (non-hydrogen) atoms. The molecule has 3 atom stereocenters. The molecule has 6 heteroatoms. The van der Waals surface area contributed by atoms with Gasteiger partial charge in [0.2, 0.25) is 0 Å². The zero-order chi connectivity index (χ0) is 22.1. The first kappa shape index (κ1) is 22.0. The number of nitriles is 1. The lowest BCUT2D eigenvalue weighted by molar-refractivity contribution is -0.117. The van der Waals surface area contributed by atoms with E-state index in [1.807, 2.05) is 25.1 Å². The fourth-order valence-corrected chi connectivity index (χ4v) is 5.44. The van der Waals surface area contributed by atoms with Crippen LogP contribution in [0.4, 0.5) is 0 Å². The first-order chi connectivity index (χ1) is 14.1. The second-order valence-electron chi connectivity index (χ2n) is 9.85. The van der Waals surface area contributed by atoms with Gasteiger partial charge in [-0.3, -0.25) is 4.79 Å². The maximum atomic E-state index is 12.8. The van der Waals surface area contributed by atoms with E-state index in [1.54, 1.807) is 20.4 Å². The lowest BCUT2D eigenvalue weighted by Gasteiger charge is -2.39. The van der Waals surface area contributed by atoms with Gasteiger partial charge in [-0.15, -0.1) is 0 Å². The highest BCUT2D eigenvalue weighted by Gasteiger charge is 2.48. The molecule has 2 fully saturated rings. The van der Waals surface area contributed by atoms with Crippen molar-refractivity contribution in [3.05, 3.63) is 35.5 Å². The van der Waals surface area contributed by atoms with Crippen molar-refractivity contribution in [2.75, 3.05) is 20.8 Å². The molecular weight excluding hydrogens is 378 g/mol. The van der Waals surface area contributed by atoms with E-state index >= 15 is 0 Å². The molecular formula is C24H33N3O3. The number of nitrogens with zero attached hydrogens (tertiary/aromatic N) is 2. The minimum atomic E-state index is -0.356. The summed E-state index contributed by atoms with van der Waals surface area (Å²) in [6, 6.07) is 7.75. The largest absolute Gasteiger partial charge is 0.493 e. The van der Waals surface area contributed by atoms with Gasteiger partial charge in [-0.25, -0.2) is 0 Å². The van der Waals surface area contributed by atoms with Crippen molar-refractivity contribution >= 4 is 5.91 Å². The molecule has 1 N–H and O–H groups in total. The fourth-order valence-electron chi connectivity index (χ4n) is 5.44. The molecule has 3 rings (SSSR count). The molecule has 6 nitrogen and oxygen atoms in total. The van der Waals surface area contributed by atoms with Crippen molar-refractivity contribution in [1.82, 2.24) is 10.2 Å². The summed E-state index contributed by atoms with van der Waals surface area (Å²) in [5.74, 6) is 0.881. The summed E-state index contributed by atoms with van der Waals surface area (Å²) in [5.41, 5.74) is 1.56. The average molecular weight is 412 g/mol. The van der Waals surface area contributed by atoms with Crippen LogP contribution in [0.3, 0.4) is 0 Å². The Bertz CT molecular complexity index is 886. The zero-order valence-corrected chi connectivity index (χ0v) is 18.9. The minimum absolute atomic E-state index is 0.149. The van der Waals surface area contributed by atoms with Gasteiger partial charge in [-0.1, -0.05) is 26.8 Å². The van der Waals surface area contributed by atoms with E-state index in [0.29, 0.717) is 17.5 Å². The molecule has 3 unspecified atom stereocenters. The molecule has 1 saturated heterocycles. The molecule has 162 valence electrons. The van der Waals surface area contributed by atoms with Crippen molar-refractivity contribution in [3.63, 3.8) is 0 Å². The highest BCUT2D eigenvalue weighted by molar-refractivity contribution is 5.97. The molecule has 2 aliphatic rings. The first-order valence-corrected chi connectivity index (χ1v) is 10.5. The van der Waals surface area contributed by atoms with Gasteiger partial charge < -0.3 is 19.7 Å². The van der Waals surface area contributed by atoms with E-state index in [4.69, 9.17) is 9.47 Å². The number of nitrogens with one attached hydrogen (secondary N) is 1. The van der Waals surface area contributed by atoms with Crippen LogP contribution in [0.2, 0.25) is 0 Å². The highest BCUT2D eigenvalue weighted by atomic mass is 16.5. The quantitative estimate of drug-likeness (QED) is 0.561. The van der Waals surface area contributed by atoms with E-state index in [0.717, 1.165) is 24.9 Å². The Morgan fingerprint density at radius 3 is 2.60 bits per heavy atom. The van der Waals surface area contributed by atoms with E-state index in [2.05, 4.69) is 37.1 Å². The van der Waals surface area contributed by atoms with E-state index in [1.165, 1.54) is 6.42 Å².